The highest BCUT2D eigenvalue weighted by Crippen LogP contribution is 2.32. The molecule has 0 saturated heterocycles. The molecule has 2 aromatic rings. The second-order valence-electron chi connectivity index (χ2n) is 4.13. The average molecular weight is 185 g/mol. The Hall–Kier alpha value is -1.24. The molecule has 0 amide bonds. The fourth-order valence-corrected chi connectivity index (χ4v) is 2.68. The van der Waals surface area contributed by atoms with Gasteiger partial charge in [0.25, 0.3) is 0 Å². The van der Waals surface area contributed by atoms with Crippen molar-refractivity contribution in [2.75, 3.05) is 0 Å². The van der Waals surface area contributed by atoms with E-state index in [0.717, 1.165) is 6.42 Å². The van der Waals surface area contributed by atoms with Crippen LogP contribution in [0.5, 0.6) is 0 Å². The normalized spacial score (nSPS) is 14.9. The molecule has 0 fully saturated rings. The molecule has 3 rings (SSSR count). The lowest BCUT2D eigenvalue weighted by Gasteiger charge is -2.01. The van der Waals surface area contributed by atoms with Gasteiger partial charge in [-0.05, 0) is 42.9 Å². The summed E-state index contributed by atoms with van der Waals surface area (Å²) in [7, 11) is 0. The summed E-state index contributed by atoms with van der Waals surface area (Å²) in [5, 5.41) is 1.52. The first-order chi connectivity index (χ1) is 6.90. The van der Waals surface area contributed by atoms with E-state index in [4.69, 9.17) is 0 Å². The van der Waals surface area contributed by atoms with E-state index < -0.39 is 0 Å². The molecule has 1 nitrogen and oxygen atoms in total. The average Bonchev–Trinajstić information content (AvgIpc) is 2.75. The third kappa shape index (κ3) is 0.955. The van der Waals surface area contributed by atoms with Crippen LogP contribution in [0, 0.1) is 0 Å². The highest BCUT2D eigenvalue weighted by Gasteiger charge is 2.17. The van der Waals surface area contributed by atoms with E-state index in [1.807, 2.05) is 0 Å². The summed E-state index contributed by atoms with van der Waals surface area (Å²) < 4.78 is 0. The number of nitrogens with one attached hydrogen (secondary N) is 1. The molecule has 1 aromatic carbocycles. The molecule has 1 heteroatoms. The number of benzene rings is 1. The Kier molecular flexibility index (Phi) is 1.66. The van der Waals surface area contributed by atoms with E-state index >= 15 is 0 Å². The molecular weight excluding hydrogens is 170 g/mol. The molecule has 0 radical (unpaired) electrons. The maximum absolute atomic E-state index is 3.55. The Bertz CT molecular complexity index is 479. The summed E-state index contributed by atoms with van der Waals surface area (Å²) in [5.41, 5.74) is 5.93. The molecule has 0 unspecified atom stereocenters. The highest BCUT2D eigenvalue weighted by atomic mass is 14.7. The van der Waals surface area contributed by atoms with E-state index in [1.165, 1.54) is 41.4 Å². The van der Waals surface area contributed by atoms with E-state index in [-0.39, 0.29) is 0 Å². The largest absolute Gasteiger partial charge is 0.358 e. The van der Waals surface area contributed by atoms with Crippen molar-refractivity contribution in [3.63, 3.8) is 0 Å². The van der Waals surface area contributed by atoms with Crippen molar-refractivity contribution in [3.05, 3.63) is 35.0 Å². The molecule has 1 aromatic heterocycles. The van der Waals surface area contributed by atoms with Gasteiger partial charge in [-0.2, -0.15) is 0 Å². The van der Waals surface area contributed by atoms with Gasteiger partial charge in [-0.3, -0.25) is 0 Å². The standard InChI is InChI=1S/C13H15N/c1-2-9-5-3-8-12-13(9)10-6-4-7-11(10)14-12/h3,5,8,14H,2,4,6-7H2,1H3. The summed E-state index contributed by atoms with van der Waals surface area (Å²) in [6.45, 7) is 2.24. The van der Waals surface area contributed by atoms with Gasteiger partial charge in [0.2, 0.25) is 0 Å². The Balaban J connectivity index is 2.39. The van der Waals surface area contributed by atoms with Gasteiger partial charge < -0.3 is 4.98 Å². The van der Waals surface area contributed by atoms with Crippen molar-refractivity contribution in [1.82, 2.24) is 4.98 Å². The van der Waals surface area contributed by atoms with Gasteiger partial charge in [-0.15, -0.1) is 0 Å². The zero-order valence-electron chi connectivity index (χ0n) is 8.56. The van der Waals surface area contributed by atoms with Crippen molar-refractivity contribution in [3.8, 4) is 0 Å². The van der Waals surface area contributed by atoms with Crippen LogP contribution in [0.2, 0.25) is 0 Å². The van der Waals surface area contributed by atoms with Gasteiger partial charge in [0, 0.05) is 16.6 Å². The first-order valence-corrected chi connectivity index (χ1v) is 5.51. The smallest absolute Gasteiger partial charge is 0.0461 e. The predicted octanol–water partition coefficient (Wildman–Crippen LogP) is 3.22. The van der Waals surface area contributed by atoms with Crippen LogP contribution in [-0.2, 0) is 19.3 Å². The van der Waals surface area contributed by atoms with E-state index in [2.05, 4.69) is 30.1 Å². The maximum atomic E-state index is 3.55. The first-order valence-electron chi connectivity index (χ1n) is 5.51. The van der Waals surface area contributed by atoms with Crippen LogP contribution in [0.4, 0.5) is 0 Å². The van der Waals surface area contributed by atoms with Gasteiger partial charge in [-0.25, -0.2) is 0 Å². The molecule has 0 saturated carbocycles. The van der Waals surface area contributed by atoms with Gasteiger partial charge in [-0.1, -0.05) is 19.1 Å². The second-order valence-corrected chi connectivity index (χ2v) is 4.13. The molecule has 1 N–H and O–H groups in total. The summed E-state index contributed by atoms with van der Waals surface area (Å²) in [6.07, 6.45) is 4.98. The third-order valence-electron chi connectivity index (χ3n) is 3.34. The van der Waals surface area contributed by atoms with Crippen molar-refractivity contribution in [2.24, 2.45) is 0 Å². The molecule has 0 aliphatic heterocycles. The van der Waals surface area contributed by atoms with Crippen molar-refractivity contribution in [2.45, 2.75) is 32.6 Å². The lowest BCUT2D eigenvalue weighted by molar-refractivity contribution is 0.898. The second kappa shape index (κ2) is 2.88. The molecule has 1 aliphatic carbocycles. The molecule has 0 bridgehead atoms. The van der Waals surface area contributed by atoms with Crippen molar-refractivity contribution >= 4 is 10.9 Å². The van der Waals surface area contributed by atoms with Crippen LogP contribution in [0.25, 0.3) is 10.9 Å². The first kappa shape index (κ1) is 8.10. The summed E-state index contributed by atoms with van der Waals surface area (Å²) in [4.78, 5) is 3.55. The van der Waals surface area contributed by atoms with E-state index in [1.54, 1.807) is 5.56 Å². The molecule has 1 aliphatic rings. The number of hydrogen-bond donors (Lipinski definition) is 1. The fraction of sp³-hybridized carbons (Fsp3) is 0.385. The Morgan fingerprint density at radius 1 is 1.29 bits per heavy atom. The van der Waals surface area contributed by atoms with Crippen LogP contribution in [0.3, 0.4) is 0 Å². The van der Waals surface area contributed by atoms with Crippen LogP contribution in [0.1, 0.15) is 30.2 Å². The minimum atomic E-state index is 1.14. The van der Waals surface area contributed by atoms with E-state index in [0.29, 0.717) is 0 Å². The number of rotatable bonds is 1. The fourth-order valence-electron chi connectivity index (χ4n) is 2.68. The maximum Gasteiger partial charge on any atom is 0.0461 e. The SMILES string of the molecule is CCc1cccc2[nH]c3c(c12)CCC3. The topological polar surface area (TPSA) is 15.8 Å². The number of aryl methyl sites for hydroxylation is 3. The van der Waals surface area contributed by atoms with Gasteiger partial charge in [0.1, 0.15) is 0 Å². The number of aromatic amines is 1. The highest BCUT2D eigenvalue weighted by molar-refractivity contribution is 5.88. The van der Waals surface area contributed by atoms with Gasteiger partial charge in [0.15, 0.2) is 0 Å². The molecule has 14 heavy (non-hydrogen) atoms. The van der Waals surface area contributed by atoms with Crippen molar-refractivity contribution < 1.29 is 0 Å². The lowest BCUT2D eigenvalue weighted by Crippen LogP contribution is -1.84. The third-order valence-corrected chi connectivity index (χ3v) is 3.34. The lowest BCUT2D eigenvalue weighted by atomic mass is 10.0. The van der Waals surface area contributed by atoms with Gasteiger partial charge in [0.05, 0.1) is 0 Å². The van der Waals surface area contributed by atoms with E-state index in [9.17, 15) is 0 Å². The molecular formula is C13H15N. The zero-order valence-corrected chi connectivity index (χ0v) is 8.56. The van der Waals surface area contributed by atoms with Crippen LogP contribution in [0.15, 0.2) is 18.2 Å². The number of H-pyrrole nitrogens is 1. The monoisotopic (exact) mass is 185 g/mol. The predicted molar refractivity (Wildman–Crippen MR) is 59.7 cm³/mol. The van der Waals surface area contributed by atoms with Crippen LogP contribution in [-0.4, -0.2) is 4.98 Å². The molecule has 1 heterocycles. The minimum absolute atomic E-state index is 1.14. The van der Waals surface area contributed by atoms with Crippen LogP contribution < -0.4 is 0 Å². The summed E-state index contributed by atoms with van der Waals surface area (Å²) in [5.74, 6) is 0. The Morgan fingerprint density at radius 3 is 3.07 bits per heavy atom. The molecule has 0 spiro atoms. The summed E-state index contributed by atoms with van der Waals surface area (Å²) in [6, 6.07) is 6.62. The summed E-state index contributed by atoms with van der Waals surface area (Å²) >= 11 is 0. The minimum Gasteiger partial charge on any atom is -0.358 e. The zero-order chi connectivity index (χ0) is 9.54. The molecule has 0 atom stereocenters. The Labute approximate surface area is 84.1 Å². The van der Waals surface area contributed by atoms with Crippen LogP contribution >= 0.6 is 0 Å². The number of fused-ring (bicyclic) bond motifs is 3. The van der Waals surface area contributed by atoms with Crippen molar-refractivity contribution in [1.29, 1.82) is 0 Å². The number of hydrogen-bond acceptors (Lipinski definition) is 0. The molecule has 72 valence electrons. The quantitative estimate of drug-likeness (QED) is 0.702. The number of aromatic nitrogens is 1. The Morgan fingerprint density at radius 2 is 2.21 bits per heavy atom. The van der Waals surface area contributed by atoms with Gasteiger partial charge >= 0.3 is 0 Å².